The van der Waals surface area contributed by atoms with Gasteiger partial charge in [0.1, 0.15) is 17.1 Å². The van der Waals surface area contributed by atoms with Crippen molar-refractivity contribution in [2.24, 2.45) is 7.05 Å². The van der Waals surface area contributed by atoms with E-state index < -0.39 is 29.6 Å². The molecule has 0 aliphatic heterocycles. The maximum atomic E-state index is 12.6. The minimum Gasteiger partial charge on any atom is -0.453 e. The van der Waals surface area contributed by atoms with Crippen LogP contribution in [0.2, 0.25) is 0 Å². The summed E-state index contributed by atoms with van der Waals surface area (Å²) >= 11 is 0. The topological polar surface area (TPSA) is 142 Å². The number of aromatic nitrogens is 4. The Morgan fingerprint density at radius 1 is 1.20 bits per heavy atom. The fraction of sp³-hybridized carbons (Fsp3) is 0.250. The van der Waals surface area contributed by atoms with Gasteiger partial charge in [0.05, 0.1) is 5.69 Å². The number of rotatable bonds is 7. The van der Waals surface area contributed by atoms with Crippen LogP contribution in [0.3, 0.4) is 0 Å². The lowest BCUT2D eigenvalue weighted by atomic mass is 10.1. The molecule has 0 saturated heterocycles. The first-order valence-electron chi connectivity index (χ1n) is 9.25. The number of benzene rings is 1. The molecular weight excluding hydrogens is 390 g/mol. The molecule has 0 radical (unpaired) electrons. The maximum Gasteiger partial charge on any atom is 0.356 e. The van der Waals surface area contributed by atoms with Crippen molar-refractivity contribution in [1.29, 1.82) is 0 Å². The number of hydrogen-bond donors (Lipinski definition) is 2. The highest BCUT2D eigenvalue weighted by atomic mass is 16.5. The van der Waals surface area contributed by atoms with E-state index in [4.69, 9.17) is 10.5 Å². The van der Waals surface area contributed by atoms with Gasteiger partial charge >= 0.3 is 11.7 Å². The van der Waals surface area contributed by atoms with Gasteiger partial charge in [-0.15, -0.1) is 0 Å². The van der Waals surface area contributed by atoms with E-state index >= 15 is 0 Å². The van der Waals surface area contributed by atoms with Crippen LogP contribution in [0.5, 0.6) is 0 Å². The molecule has 0 atom stereocenters. The number of esters is 1. The Bertz CT molecular complexity index is 1210. The fourth-order valence-electron chi connectivity index (χ4n) is 2.95. The van der Waals surface area contributed by atoms with Crippen molar-refractivity contribution in [3.63, 3.8) is 0 Å². The molecule has 0 fully saturated rings. The first kappa shape index (κ1) is 20.8. The van der Waals surface area contributed by atoms with Gasteiger partial charge in [-0.25, -0.2) is 9.59 Å². The summed E-state index contributed by atoms with van der Waals surface area (Å²) in [6, 6.07) is 10.7. The van der Waals surface area contributed by atoms with Gasteiger partial charge in [0.2, 0.25) is 5.78 Å². The molecule has 10 heteroatoms. The van der Waals surface area contributed by atoms with E-state index in [9.17, 15) is 19.2 Å². The Morgan fingerprint density at radius 3 is 2.57 bits per heavy atom. The largest absolute Gasteiger partial charge is 0.453 e. The van der Waals surface area contributed by atoms with Crippen molar-refractivity contribution in [3.8, 4) is 11.3 Å². The summed E-state index contributed by atoms with van der Waals surface area (Å²) in [4.78, 5) is 49.4. The van der Waals surface area contributed by atoms with Crippen LogP contribution in [0.1, 0.15) is 34.2 Å². The number of carbonyl (C=O) groups excluding carboxylic acids is 2. The van der Waals surface area contributed by atoms with Crippen LogP contribution >= 0.6 is 0 Å². The number of Topliss-reactive ketones (excluding diaryl/α,β-unsaturated/α-hetero) is 1. The lowest BCUT2D eigenvalue weighted by Crippen LogP contribution is -2.43. The van der Waals surface area contributed by atoms with Crippen LogP contribution in [-0.4, -0.2) is 37.7 Å². The van der Waals surface area contributed by atoms with Gasteiger partial charge in [0.15, 0.2) is 6.61 Å². The lowest BCUT2D eigenvalue weighted by molar-refractivity contribution is 0.0468. The Labute approximate surface area is 170 Å². The summed E-state index contributed by atoms with van der Waals surface area (Å²) in [5, 5.41) is 6.61. The number of nitrogens with one attached hydrogen (secondary N) is 1. The Balaban J connectivity index is 1.78. The molecule has 0 aliphatic rings. The molecule has 0 unspecified atom stereocenters. The molecule has 3 aromatic rings. The molecule has 3 rings (SSSR count). The van der Waals surface area contributed by atoms with E-state index in [1.807, 2.05) is 37.3 Å². The number of nitrogen functional groups attached to an aromatic ring is 1. The Morgan fingerprint density at radius 2 is 1.90 bits per heavy atom. The van der Waals surface area contributed by atoms with Gasteiger partial charge < -0.3 is 10.5 Å². The predicted octanol–water partition coefficient (Wildman–Crippen LogP) is 0.969. The molecule has 0 aliphatic carbocycles. The average Bonchev–Trinajstić information content (AvgIpc) is 3.25. The molecule has 0 spiro atoms. The number of H-pyrrole nitrogens is 1. The highest BCUT2D eigenvalue weighted by Gasteiger charge is 2.23. The van der Waals surface area contributed by atoms with E-state index in [2.05, 4.69) is 10.2 Å². The number of ether oxygens (including phenoxy) is 1. The number of aromatic amines is 1. The smallest absolute Gasteiger partial charge is 0.356 e. The Kier molecular flexibility index (Phi) is 5.95. The van der Waals surface area contributed by atoms with Gasteiger partial charge in [-0.05, 0) is 12.5 Å². The number of carbonyl (C=O) groups is 2. The zero-order valence-electron chi connectivity index (χ0n) is 16.5. The third-order valence-electron chi connectivity index (χ3n) is 4.51. The normalized spacial score (nSPS) is 10.7. The fourth-order valence-corrected chi connectivity index (χ4v) is 2.95. The van der Waals surface area contributed by atoms with Crippen LogP contribution in [-0.2, 0) is 18.3 Å². The number of nitrogens with zero attached hydrogens (tertiary/aromatic N) is 3. The van der Waals surface area contributed by atoms with E-state index in [0.29, 0.717) is 12.1 Å². The monoisotopic (exact) mass is 411 g/mol. The molecule has 1 aromatic carbocycles. The Hall–Kier alpha value is -3.95. The van der Waals surface area contributed by atoms with Gasteiger partial charge in [-0.1, -0.05) is 37.3 Å². The summed E-state index contributed by atoms with van der Waals surface area (Å²) in [6.45, 7) is 1.37. The maximum absolute atomic E-state index is 12.6. The van der Waals surface area contributed by atoms with Crippen molar-refractivity contribution in [2.45, 2.75) is 19.9 Å². The first-order valence-corrected chi connectivity index (χ1v) is 9.25. The van der Waals surface area contributed by atoms with Crippen molar-refractivity contribution in [1.82, 2.24) is 19.3 Å². The molecule has 2 heterocycles. The van der Waals surface area contributed by atoms with Crippen molar-refractivity contribution in [2.75, 3.05) is 12.3 Å². The summed E-state index contributed by atoms with van der Waals surface area (Å²) in [5.41, 5.74) is 5.47. The standard InChI is InChI=1S/C20H21N5O5/c1-3-9-25-17(21)16(18(27)24(2)20(25)29)15(26)11-30-19(28)14-10-13(22-23-14)12-7-5-4-6-8-12/h4-8,10H,3,9,11,21H2,1-2H3,(H,22,23). The predicted molar refractivity (Wildman–Crippen MR) is 109 cm³/mol. The van der Waals surface area contributed by atoms with Crippen LogP contribution in [0.15, 0.2) is 46.0 Å². The second-order valence-corrected chi connectivity index (χ2v) is 6.59. The molecule has 156 valence electrons. The summed E-state index contributed by atoms with van der Waals surface area (Å²) in [5.74, 6) is -1.84. The second-order valence-electron chi connectivity index (χ2n) is 6.59. The molecule has 3 N–H and O–H groups in total. The average molecular weight is 411 g/mol. The lowest BCUT2D eigenvalue weighted by Gasteiger charge is -2.13. The van der Waals surface area contributed by atoms with Crippen LogP contribution in [0.25, 0.3) is 11.3 Å². The highest BCUT2D eigenvalue weighted by molar-refractivity contribution is 6.02. The second kappa shape index (κ2) is 8.60. The first-order chi connectivity index (χ1) is 14.3. The van der Waals surface area contributed by atoms with Crippen LogP contribution in [0, 0.1) is 0 Å². The third kappa shape index (κ3) is 3.93. The third-order valence-corrected chi connectivity index (χ3v) is 4.51. The summed E-state index contributed by atoms with van der Waals surface area (Å²) in [7, 11) is 1.26. The van der Waals surface area contributed by atoms with Crippen molar-refractivity contribution >= 4 is 17.6 Å². The highest BCUT2D eigenvalue weighted by Crippen LogP contribution is 2.17. The van der Waals surface area contributed by atoms with E-state index in [0.717, 1.165) is 14.7 Å². The van der Waals surface area contributed by atoms with E-state index in [1.165, 1.54) is 13.1 Å². The number of ketones is 1. The molecular formula is C20H21N5O5. The van der Waals surface area contributed by atoms with E-state index in [1.54, 1.807) is 0 Å². The molecule has 0 amide bonds. The zero-order valence-corrected chi connectivity index (χ0v) is 16.5. The summed E-state index contributed by atoms with van der Waals surface area (Å²) in [6.07, 6.45) is 0.578. The molecule has 10 nitrogen and oxygen atoms in total. The quantitative estimate of drug-likeness (QED) is 0.436. The van der Waals surface area contributed by atoms with E-state index in [-0.39, 0.29) is 23.6 Å². The number of hydrogen-bond acceptors (Lipinski definition) is 7. The molecule has 30 heavy (non-hydrogen) atoms. The van der Waals surface area contributed by atoms with Crippen LogP contribution in [0.4, 0.5) is 5.82 Å². The van der Waals surface area contributed by atoms with Gasteiger partial charge in [0.25, 0.3) is 5.56 Å². The molecule has 0 saturated carbocycles. The van der Waals surface area contributed by atoms with Gasteiger partial charge in [0, 0.05) is 19.2 Å². The minimum absolute atomic E-state index is 0.0541. The van der Waals surface area contributed by atoms with Crippen LogP contribution < -0.4 is 17.0 Å². The number of anilines is 1. The molecule has 0 bridgehead atoms. The minimum atomic E-state index is -0.834. The van der Waals surface area contributed by atoms with Crippen molar-refractivity contribution < 1.29 is 14.3 Å². The van der Waals surface area contributed by atoms with Crippen molar-refractivity contribution in [3.05, 3.63) is 68.5 Å². The zero-order chi connectivity index (χ0) is 21.8. The SMILES string of the molecule is CCCn1c(N)c(C(=O)COC(=O)c2cc(-c3ccccc3)n[nH]2)c(=O)n(C)c1=O. The number of nitrogens with two attached hydrogens (primary N) is 1. The van der Waals surface area contributed by atoms with Gasteiger partial charge in [-0.3, -0.25) is 23.8 Å². The van der Waals surface area contributed by atoms with Gasteiger partial charge in [-0.2, -0.15) is 5.10 Å². The molecule has 2 aromatic heterocycles. The summed E-state index contributed by atoms with van der Waals surface area (Å²) < 4.78 is 6.98.